The molecule has 4 nitrogen and oxygen atoms in total. The Kier molecular flexibility index (Phi) is 6.17. The summed E-state index contributed by atoms with van der Waals surface area (Å²) in [6.07, 6.45) is 9.16. The number of rotatable bonds is 6. The van der Waals surface area contributed by atoms with Crippen LogP contribution in [0, 0.1) is 12.3 Å². The van der Waals surface area contributed by atoms with Gasteiger partial charge in [0.2, 0.25) is 6.29 Å². The van der Waals surface area contributed by atoms with E-state index in [9.17, 15) is 4.79 Å². The van der Waals surface area contributed by atoms with Gasteiger partial charge in [0, 0.05) is 12.8 Å². The Hall–Kier alpha value is -1.05. The van der Waals surface area contributed by atoms with Gasteiger partial charge in [0.1, 0.15) is 6.54 Å². The lowest BCUT2D eigenvalue weighted by atomic mass is 10.2. The van der Waals surface area contributed by atoms with Crippen molar-refractivity contribution in [2.45, 2.75) is 38.4 Å². The fourth-order valence-electron chi connectivity index (χ4n) is 1.99. The maximum absolute atomic E-state index is 11.6. The molecule has 4 heteroatoms. The minimum atomic E-state index is -0.320. The molecule has 0 aromatic carbocycles. The molecular formula is C14H24NO3+. The van der Waals surface area contributed by atoms with E-state index in [-0.39, 0.29) is 12.3 Å². The quantitative estimate of drug-likeness (QED) is 0.410. The van der Waals surface area contributed by atoms with Gasteiger partial charge in [-0.3, -0.25) is 4.79 Å². The van der Waals surface area contributed by atoms with Crippen molar-refractivity contribution in [3.63, 3.8) is 0 Å². The Morgan fingerprint density at radius 2 is 2.28 bits per heavy atom. The van der Waals surface area contributed by atoms with Gasteiger partial charge < -0.3 is 14.0 Å². The maximum Gasteiger partial charge on any atom is 0.308 e. The molecule has 0 radical (unpaired) electrons. The molecule has 1 saturated heterocycles. The third-order valence-electron chi connectivity index (χ3n) is 3.06. The summed E-state index contributed by atoms with van der Waals surface area (Å²) in [5, 5.41) is 0. The molecule has 0 aromatic heterocycles. The number of hydrogen-bond donors (Lipinski definition) is 0. The Balaban J connectivity index is 2.15. The Labute approximate surface area is 110 Å². The molecule has 0 spiro atoms. The van der Waals surface area contributed by atoms with E-state index < -0.39 is 0 Å². The van der Waals surface area contributed by atoms with Gasteiger partial charge in [-0.1, -0.05) is 0 Å². The number of carbonyl (C=O) groups is 1. The van der Waals surface area contributed by atoms with Crippen LogP contribution in [0.4, 0.5) is 0 Å². The minimum absolute atomic E-state index is 0.164. The zero-order chi connectivity index (χ0) is 13.4. The fraction of sp³-hybridized carbons (Fsp3) is 0.786. The number of hydrogen-bond acceptors (Lipinski definition) is 3. The number of nitrogens with zero attached hydrogens (tertiary/aromatic N) is 1. The summed E-state index contributed by atoms with van der Waals surface area (Å²) in [4.78, 5) is 11.6. The van der Waals surface area contributed by atoms with Gasteiger partial charge in [-0.15, -0.1) is 6.42 Å². The van der Waals surface area contributed by atoms with Gasteiger partial charge in [-0.2, -0.15) is 0 Å². The Morgan fingerprint density at radius 1 is 1.50 bits per heavy atom. The van der Waals surface area contributed by atoms with Crippen LogP contribution in [-0.2, 0) is 14.3 Å². The van der Waals surface area contributed by atoms with Gasteiger partial charge >= 0.3 is 5.97 Å². The van der Waals surface area contributed by atoms with E-state index in [1.807, 2.05) is 0 Å². The second-order valence-electron chi connectivity index (χ2n) is 5.41. The number of esters is 1. The van der Waals surface area contributed by atoms with Crippen molar-refractivity contribution in [2.24, 2.45) is 0 Å². The fourth-order valence-corrected chi connectivity index (χ4v) is 1.99. The molecule has 102 valence electrons. The predicted octanol–water partition coefficient (Wildman–Crippen LogP) is 1.55. The van der Waals surface area contributed by atoms with Gasteiger partial charge in [0.25, 0.3) is 0 Å². The van der Waals surface area contributed by atoms with Crippen molar-refractivity contribution >= 4 is 5.97 Å². The predicted molar refractivity (Wildman–Crippen MR) is 69.6 cm³/mol. The topological polar surface area (TPSA) is 35.5 Å². The lowest BCUT2D eigenvalue weighted by Crippen LogP contribution is -2.40. The molecule has 0 saturated carbocycles. The number of quaternary nitrogens is 1. The first-order valence-electron chi connectivity index (χ1n) is 6.60. The highest BCUT2D eigenvalue weighted by atomic mass is 16.7. The molecule has 0 amide bonds. The summed E-state index contributed by atoms with van der Waals surface area (Å²) >= 11 is 0. The monoisotopic (exact) mass is 254 g/mol. The summed E-state index contributed by atoms with van der Waals surface area (Å²) in [7, 11) is 4.13. The molecule has 1 heterocycles. The molecule has 1 fully saturated rings. The van der Waals surface area contributed by atoms with Crippen molar-refractivity contribution < 1.29 is 18.8 Å². The molecule has 1 unspecified atom stereocenters. The third-order valence-corrected chi connectivity index (χ3v) is 3.06. The van der Waals surface area contributed by atoms with Crippen LogP contribution in [0.3, 0.4) is 0 Å². The van der Waals surface area contributed by atoms with Gasteiger partial charge in [-0.25, -0.2) is 0 Å². The average Bonchev–Trinajstić information content (AvgIpc) is 2.29. The first-order valence-corrected chi connectivity index (χ1v) is 6.60. The summed E-state index contributed by atoms with van der Waals surface area (Å²) in [5.74, 6) is 2.48. The smallest absolute Gasteiger partial charge is 0.308 e. The van der Waals surface area contributed by atoms with E-state index in [1.54, 1.807) is 0 Å². The second kappa shape index (κ2) is 7.40. The van der Waals surface area contributed by atoms with E-state index in [4.69, 9.17) is 15.9 Å². The van der Waals surface area contributed by atoms with Crippen LogP contribution in [0.1, 0.15) is 32.1 Å². The largest absolute Gasteiger partial charge is 0.436 e. The molecule has 0 bridgehead atoms. The van der Waals surface area contributed by atoms with Crippen LogP contribution in [0.5, 0.6) is 0 Å². The van der Waals surface area contributed by atoms with Gasteiger partial charge in [0.05, 0.1) is 33.7 Å². The summed E-state index contributed by atoms with van der Waals surface area (Å²) in [5.41, 5.74) is 0. The first kappa shape index (κ1) is 15.0. The summed E-state index contributed by atoms with van der Waals surface area (Å²) < 4.78 is 11.4. The maximum atomic E-state index is 11.6. The highest BCUT2D eigenvalue weighted by Crippen LogP contribution is 2.14. The highest BCUT2D eigenvalue weighted by molar-refractivity contribution is 5.69. The molecular weight excluding hydrogens is 230 g/mol. The van der Waals surface area contributed by atoms with E-state index in [0.717, 1.165) is 36.7 Å². The van der Waals surface area contributed by atoms with Crippen molar-refractivity contribution in [3.05, 3.63) is 0 Å². The lowest BCUT2D eigenvalue weighted by Gasteiger charge is -2.27. The zero-order valence-electron chi connectivity index (χ0n) is 11.5. The van der Waals surface area contributed by atoms with Gasteiger partial charge in [-0.05, 0) is 18.8 Å². The van der Waals surface area contributed by atoms with Crippen LogP contribution in [0.25, 0.3) is 0 Å². The molecule has 0 N–H and O–H groups in total. The van der Waals surface area contributed by atoms with Crippen molar-refractivity contribution in [1.82, 2.24) is 0 Å². The standard InChI is InChI=1S/C14H24NO3/c1-4-10-15(2,3)11-7-8-13(16)18-14-9-5-6-12-17-14/h1,14H,5-12H2,2-3H3/q+1. The zero-order valence-corrected chi connectivity index (χ0v) is 11.5. The van der Waals surface area contributed by atoms with E-state index in [0.29, 0.717) is 19.6 Å². The van der Waals surface area contributed by atoms with Crippen LogP contribution < -0.4 is 0 Å². The van der Waals surface area contributed by atoms with E-state index in [1.165, 1.54) is 0 Å². The minimum Gasteiger partial charge on any atom is -0.436 e. The molecule has 18 heavy (non-hydrogen) atoms. The van der Waals surface area contributed by atoms with Crippen LogP contribution in [0.2, 0.25) is 0 Å². The van der Waals surface area contributed by atoms with E-state index in [2.05, 4.69) is 20.0 Å². The summed E-state index contributed by atoms with van der Waals surface area (Å²) in [6.45, 7) is 2.26. The molecule has 0 aromatic rings. The molecule has 1 aliphatic heterocycles. The van der Waals surface area contributed by atoms with Gasteiger partial charge in [0.15, 0.2) is 0 Å². The van der Waals surface area contributed by atoms with Crippen molar-refractivity contribution in [2.75, 3.05) is 33.8 Å². The van der Waals surface area contributed by atoms with Crippen LogP contribution in [0.15, 0.2) is 0 Å². The Morgan fingerprint density at radius 3 is 2.89 bits per heavy atom. The number of ether oxygens (including phenoxy) is 2. The second-order valence-corrected chi connectivity index (χ2v) is 5.41. The SMILES string of the molecule is C#CC[N+](C)(C)CCCC(=O)OC1CCCCO1. The lowest BCUT2D eigenvalue weighted by molar-refractivity contribution is -0.883. The summed E-state index contributed by atoms with van der Waals surface area (Å²) in [6, 6.07) is 0. The molecule has 0 aliphatic carbocycles. The van der Waals surface area contributed by atoms with E-state index >= 15 is 0 Å². The number of carbonyl (C=O) groups excluding carboxylic acids is 1. The highest BCUT2D eigenvalue weighted by Gasteiger charge is 2.19. The normalized spacial score (nSPS) is 20.2. The third kappa shape index (κ3) is 6.04. The van der Waals surface area contributed by atoms with Crippen molar-refractivity contribution in [3.8, 4) is 12.3 Å². The molecule has 1 rings (SSSR count). The number of terminal acetylenes is 1. The molecule has 1 aliphatic rings. The average molecular weight is 254 g/mol. The first-order chi connectivity index (χ1) is 8.53. The Bertz CT molecular complexity index is 301. The van der Waals surface area contributed by atoms with Crippen molar-refractivity contribution in [1.29, 1.82) is 0 Å². The molecule has 1 atom stereocenters. The van der Waals surface area contributed by atoms with Crippen LogP contribution in [-0.4, -0.2) is 50.5 Å². The van der Waals surface area contributed by atoms with Crippen LogP contribution >= 0.6 is 0 Å².